The lowest BCUT2D eigenvalue weighted by Gasteiger charge is -2.06. The monoisotopic (exact) mass is 310 g/mol. The standard InChI is InChI=1S/C16H10ClF3O/c17-14(15(21)12-4-2-1-3-5-12)10-11-6-8-13(9-7-11)16(18,19)20/h1-10H/b14-10-. The zero-order chi connectivity index (χ0) is 15.5. The van der Waals surface area contributed by atoms with E-state index in [9.17, 15) is 18.0 Å². The molecule has 2 rings (SSSR count). The maximum Gasteiger partial charge on any atom is 0.416 e. The Morgan fingerprint density at radius 2 is 1.52 bits per heavy atom. The van der Waals surface area contributed by atoms with Crippen molar-refractivity contribution in [3.63, 3.8) is 0 Å². The average molecular weight is 311 g/mol. The number of halogens is 4. The summed E-state index contributed by atoms with van der Waals surface area (Å²) in [5, 5.41) is -0.0547. The number of alkyl halides is 3. The Bertz CT molecular complexity index is 658. The van der Waals surface area contributed by atoms with Crippen LogP contribution >= 0.6 is 11.6 Å². The maximum absolute atomic E-state index is 12.4. The van der Waals surface area contributed by atoms with E-state index in [1.807, 2.05) is 0 Å². The highest BCUT2D eigenvalue weighted by atomic mass is 35.5. The Hall–Kier alpha value is -2.07. The summed E-state index contributed by atoms with van der Waals surface area (Å²) in [6.07, 6.45) is -3.04. The Morgan fingerprint density at radius 1 is 0.952 bits per heavy atom. The molecule has 0 fully saturated rings. The molecule has 0 aliphatic rings. The Kier molecular flexibility index (Phi) is 4.48. The second kappa shape index (κ2) is 6.14. The van der Waals surface area contributed by atoms with E-state index in [0.29, 0.717) is 11.1 Å². The first-order valence-corrected chi connectivity index (χ1v) is 6.40. The highest BCUT2D eigenvalue weighted by molar-refractivity contribution is 6.47. The van der Waals surface area contributed by atoms with E-state index in [1.54, 1.807) is 30.3 Å². The molecule has 2 aromatic carbocycles. The van der Waals surface area contributed by atoms with Gasteiger partial charge < -0.3 is 0 Å². The predicted molar refractivity (Wildman–Crippen MR) is 76.0 cm³/mol. The second-order valence-corrected chi connectivity index (χ2v) is 4.71. The van der Waals surface area contributed by atoms with E-state index in [0.717, 1.165) is 12.1 Å². The molecule has 0 radical (unpaired) electrons. The lowest BCUT2D eigenvalue weighted by atomic mass is 10.1. The molecule has 0 spiro atoms. The average Bonchev–Trinajstić information content (AvgIpc) is 2.47. The first kappa shape index (κ1) is 15.3. The van der Waals surface area contributed by atoms with Gasteiger partial charge in [0.15, 0.2) is 0 Å². The Balaban J connectivity index is 2.21. The summed E-state index contributed by atoms with van der Waals surface area (Å²) in [4.78, 5) is 12.0. The van der Waals surface area contributed by atoms with Gasteiger partial charge in [-0.1, -0.05) is 54.1 Å². The first-order chi connectivity index (χ1) is 9.88. The second-order valence-electron chi connectivity index (χ2n) is 4.31. The molecule has 5 heteroatoms. The van der Waals surface area contributed by atoms with Crippen molar-refractivity contribution >= 4 is 23.5 Å². The van der Waals surface area contributed by atoms with Crippen LogP contribution in [-0.4, -0.2) is 5.78 Å². The lowest BCUT2D eigenvalue weighted by Crippen LogP contribution is -2.04. The summed E-state index contributed by atoms with van der Waals surface area (Å²) in [7, 11) is 0. The maximum atomic E-state index is 12.4. The molecule has 0 saturated heterocycles. The van der Waals surface area contributed by atoms with Gasteiger partial charge in [-0.25, -0.2) is 0 Å². The van der Waals surface area contributed by atoms with Gasteiger partial charge in [-0.3, -0.25) is 4.79 Å². The van der Waals surface area contributed by atoms with E-state index in [1.165, 1.54) is 18.2 Å². The Morgan fingerprint density at radius 3 is 2.05 bits per heavy atom. The Labute approximate surface area is 124 Å². The lowest BCUT2D eigenvalue weighted by molar-refractivity contribution is -0.137. The summed E-state index contributed by atoms with van der Waals surface area (Å²) in [6.45, 7) is 0. The highest BCUT2D eigenvalue weighted by Gasteiger charge is 2.29. The molecule has 108 valence electrons. The van der Waals surface area contributed by atoms with Crippen LogP contribution in [0.25, 0.3) is 6.08 Å². The number of rotatable bonds is 3. The SMILES string of the molecule is O=C(/C(Cl)=C/c1ccc(C(F)(F)F)cc1)c1ccccc1. The van der Waals surface area contributed by atoms with Crippen molar-refractivity contribution in [3.05, 3.63) is 76.3 Å². The molecule has 0 unspecified atom stereocenters. The van der Waals surface area contributed by atoms with Crippen LogP contribution in [0, 0.1) is 0 Å². The van der Waals surface area contributed by atoms with Crippen molar-refractivity contribution < 1.29 is 18.0 Å². The van der Waals surface area contributed by atoms with E-state index in [4.69, 9.17) is 11.6 Å². The minimum Gasteiger partial charge on any atom is -0.288 e. The molecule has 0 aliphatic heterocycles. The van der Waals surface area contributed by atoms with Gasteiger partial charge >= 0.3 is 6.18 Å². The molecular weight excluding hydrogens is 301 g/mol. The van der Waals surface area contributed by atoms with Crippen molar-refractivity contribution in [1.29, 1.82) is 0 Å². The molecule has 21 heavy (non-hydrogen) atoms. The van der Waals surface area contributed by atoms with Gasteiger partial charge in [0, 0.05) is 5.56 Å². The molecule has 1 nitrogen and oxygen atoms in total. The van der Waals surface area contributed by atoms with E-state index in [2.05, 4.69) is 0 Å². The van der Waals surface area contributed by atoms with Gasteiger partial charge in [-0.05, 0) is 23.8 Å². The molecule has 0 amide bonds. The smallest absolute Gasteiger partial charge is 0.288 e. The molecule has 0 aromatic heterocycles. The fraction of sp³-hybridized carbons (Fsp3) is 0.0625. The number of carbonyl (C=O) groups is 1. The van der Waals surface area contributed by atoms with Crippen LogP contribution in [-0.2, 0) is 6.18 Å². The van der Waals surface area contributed by atoms with Gasteiger partial charge in [0.2, 0.25) is 5.78 Å². The molecule has 2 aromatic rings. The van der Waals surface area contributed by atoms with Crippen LogP contribution in [0.1, 0.15) is 21.5 Å². The molecule has 0 N–H and O–H groups in total. The third-order valence-electron chi connectivity index (χ3n) is 2.78. The fourth-order valence-corrected chi connectivity index (χ4v) is 1.94. The largest absolute Gasteiger partial charge is 0.416 e. The van der Waals surface area contributed by atoms with Crippen molar-refractivity contribution in [1.82, 2.24) is 0 Å². The first-order valence-electron chi connectivity index (χ1n) is 6.02. The topological polar surface area (TPSA) is 17.1 Å². The minimum absolute atomic E-state index is 0.0547. The zero-order valence-corrected chi connectivity index (χ0v) is 11.4. The number of Topliss-reactive ketones (excluding diaryl/α,β-unsaturated/α-hetero) is 1. The summed E-state index contributed by atoms with van der Waals surface area (Å²) in [6, 6.07) is 12.8. The number of hydrogen-bond acceptors (Lipinski definition) is 1. The van der Waals surface area contributed by atoms with Crippen molar-refractivity contribution in [2.24, 2.45) is 0 Å². The molecule has 0 bridgehead atoms. The summed E-state index contributed by atoms with van der Waals surface area (Å²) in [5.74, 6) is -0.378. The van der Waals surface area contributed by atoms with Crippen LogP contribution in [0.3, 0.4) is 0 Å². The summed E-state index contributed by atoms with van der Waals surface area (Å²) < 4.78 is 37.3. The van der Waals surface area contributed by atoms with E-state index >= 15 is 0 Å². The third-order valence-corrected chi connectivity index (χ3v) is 3.07. The summed E-state index contributed by atoms with van der Waals surface area (Å²) in [5.41, 5.74) is 0.105. The minimum atomic E-state index is -4.38. The molecule has 0 atom stereocenters. The van der Waals surface area contributed by atoms with E-state index < -0.39 is 11.7 Å². The van der Waals surface area contributed by atoms with Gasteiger partial charge in [0.05, 0.1) is 10.6 Å². The number of benzene rings is 2. The van der Waals surface area contributed by atoms with Gasteiger partial charge in [-0.15, -0.1) is 0 Å². The van der Waals surface area contributed by atoms with Gasteiger partial charge in [0.1, 0.15) is 0 Å². The fourth-order valence-electron chi connectivity index (χ4n) is 1.71. The predicted octanol–water partition coefficient (Wildman–Crippen LogP) is 5.17. The molecule has 0 aliphatic carbocycles. The number of hydrogen-bond donors (Lipinski definition) is 0. The quantitative estimate of drug-likeness (QED) is 0.565. The third kappa shape index (κ3) is 3.95. The van der Waals surface area contributed by atoms with Gasteiger partial charge in [0.25, 0.3) is 0 Å². The van der Waals surface area contributed by atoms with E-state index in [-0.39, 0.29) is 10.8 Å². The molecule has 0 heterocycles. The van der Waals surface area contributed by atoms with Gasteiger partial charge in [-0.2, -0.15) is 13.2 Å². The van der Waals surface area contributed by atoms with Crippen LogP contribution in [0.5, 0.6) is 0 Å². The van der Waals surface area contributed by atoms with Crippen molar-refractivity contribution in [3.8, 4) is 0 Å². The molecular formula is C16H10ClF3O. The van der Waals surface area contributed by atoms with Crippen LogP contribution in [0.15, 0.2) is 59.6 Å². The summed E-state index contributed by atoms with van der Waals surface area (Å²) >= 11 is 5.92. The number of allylic oxidation sites excluding steroid dienone is 1. The highest BCUT2D eigenvalue weighted by Crippen LogP contribution is 2.29. The van der Waals surface area contributed by atoms with Crippen molar-refractivity contribution in [2.45, 2.75) is 6.18 Å². The normalized spacial score (nSPS) is 12.3. The van der Waals surface area contributed by atoms with Crippen LogP contribution in [0.4, 0.5) is 13.2 Å². The van der Waals surface area contributed by atoms with Crippen LogP contribution < -0.4 is 0 Å². The zero-order valence-electron chi connectivity index (χ0n) is 10.7. The number of ketones is 1. The van der Waals surface area contributed by atoms with Crippen molar-refractivity contribution in [2.75, 3.05) is 0 Å². The van der Waals surface area contributed by atoms with Crippen LogP contribution in [0.2, 0.25) is 0 Å². The molecule has 0 saturated carbocycles. The number of carbonyl (C=O) groups excluding carboxylic acids is 1.